The Bertz CT molecular complexity index is 517. The maximum absolute atomic E-state index is 10.0. The zero-order chi connectivity index (χ0) is 21.9. The SMILES string of the molecule is CCCCCC[C@H]1CC[C@H](C2CCC(C3CCCC(C#N)(CCCCC)C3)CC2)CC1. The molecule has 1 heteroatoms. The third kappa shape index (κ3) is 7.51. The summed E-state index contributed by atoms with van der Waals surface area (Å²) in [6, 6.07) is 2.83. The number of nitrogens with zero attached hydrogens (tertiary/aromatic N) is 1. The van der Waals surface area contributed by atoms with E-state index >= 15 is 0 Å². The number of hydrogen-bond acceptors (Lipinski definition) is 1. The molecule has 0 bridgehead atoms. The number of nitriles is 1. The van der Waals surface area contributed by atoms with E-state index in [1.54, 1.807) is 0 Å². The summed E-state index contributed by atoms with van der Waals surface area (Å²) in [4.78, 5) is 0. The molecule has 0 spiro atoms. The van der Waals surface area contributed by atoms with Gasteiger partial charge in [0.1, 0.15) is 0 Å². The van der Waals surface area contributed by atoms with Gasteiger partial charge in [-0.25, -0.2) is 0 Å². The van der Waals surface area contributed by atoms with Gasteiger partial charge >= 0.3 is 0 Å². The quantitative estimate of drug-likeness (QED) is 0.301. The minimum Gasteiger partial charge on any atom is -0.198 e. The van der Waals surface area contributed by atoms with Gasteiger partial charge in [-0.2, -0.15) is 5.26 Å². The monoisotopic (exact) mass is 427 g/mol. The lowest BCUT2D eigenvalue weighted by Crippen LogP contribution is -2.34. The Morgan fingerprint density at radius 2 is 1.26 bits per heavy atom. The van der Waals surface area contributed by atoms with Crippen molar-refractivity contribution in [2.75, 3.05) is 0 Å². The Morgan fingerprint density at radius 1 is 0.677 bits per heavy atom. The highest BCUT2D eigenvalue weighted by molar-refractivity contribution is 5.03. The third-order valence-electron chi connectivity index (χ3n) is 9.89. The molecule has 0 aromatic carbocycles. The Labute approximate surface area is 195 Å². The standard InChI is InChI=1S/C30H53N/c1-3-5-7-8-11-25-13-15-26(16-14-25)27-17-19-28(20-18-27)29-12-10-22-30(23-29,24-31)21-9-6-4-2/h25-29H,3-23H2,1-2H3/t25-,26-,27?,28?,29?,30?. The molecule has 2 atom stereocenters. The van der Waals surface area contributed by atoms with Crippen molar-refractivity contribution in [3.63, 3.8) is 0 Å². The van der Waals surface area contributed by atoms with Crippen molar-refractivity contribution in [1.82, 2.24) is 0 Å². The van der Waals surface area contributed by atoms with Crippen molar-refractivity contribution in [2.45, 2.75) is 149 Å². The molecule has 2 unspecified atom stereocenters. The van der Waals surface area contributed by atoms with Crippen molar-refractivity contribution in [3.8, 4) is 6.07 Å². The fourth-order valence-electron chi connectivity index (χ4n) is 7.80. The van der Waals surface area contributed by atoms with Crippen molar-refractivity contribution >= 4 is 0 Å². The first-order valence-corrected chi connectivity index (χ1v) is 14.6. The van der Waals surface area contributed by atoms with Gasteiger partial charge < -0.3 is 0 Å². The van der Waals surface area contributed by atoms with Crippen LogP contribution in [0, 0.1) is 46.3 Å². The molecule has 3 aliphatic rings. The lowest BCUT2D eigenvalue weighted by molar-refractivity contribution is 0.0813. The Morgan fingerprint density at radius 3 is 1.87 bits per heavy atom. The van der Waals surface area contributed by atoms with Gasteiger partial charge in [-0.1, -0.05) is 90.9 Å². The lowest BCUT2D eigenvalue weighted by atomic mass is 9.61. The van der Waals surface area contributed by atoms with Crippen LogP contribution in [-0.2, 0) is 0 Å². The molecule has 3 saturated carbocycles. The number of rotatable bonds is 11. The molecule has 3 rings (SSSR count). The molecule has 3 fully saturated rings. The van der Waals surface area contributed by atoms with Crippen LogP contribution in [0.4, 0.5) is 0 Å². The van der Waals surface area contributed by atoms with E-state index in [4.69, 9.17) is 0 Å². The average molecular weight is 428 g/mol. The highest BCUT2D eigenvalue weighted by atomic mass is 14.5. The summed E-state index contributed by atoms with van der Waals surface area (Å²) in [5.41, 5.74) is 0.0322. The van der Waals surface area contributed by atoms with Crippen LogP contribution in [0.2, 0.25) is 0 Å². The van der Waals surface area contributed by atoms with E-state index in [1.807, 2.05) is 0 Å². The topological polar surface area (TPSA) is 23.8 Å². The van der Waals surface area contributed by atoms with E-state index in [-0.39, 0.29) is 5.41 Å². The van der Waals surface area contributed by atoms with E-state index in [0.29, 0.717) is 0 Å². The molecule has 178 valence electrons. The van der Waals surface area contributed by atoms with E-state index in [2.05, 4.69) is 19.9 Å². The normalized spacial score (nSPS) is 36.7. The largest absolute Gasteiger partial charge is 0.198 e. The molecular formula is C30H53N. The summed E-state index contributed by atoms with van der Waals surface area (Å²) in [5, 5.41) is 10.0. The minimum atomic E-state index is 0.0322. The first kappa shape index (κ1) is 25.1. The first-order chi connectivity index (χ1) is 15.2. The van der Waals surface area contributed by atoms with Gasteiger partial charge in [-0.05, 0) is 87.4 Å². The fraction of sp³-hybridized carbons (Fsp3) is 0.967. The molecule has 0 heterocycles. The van der Waals surface area contributed by atoms with Gasteiger partial charge in [0.05, 0.1) is 11.5 Å². The molecular weight excluding hydrogens is 374 g/mol. The van der Waals surface area contributed by atoms with Gasteiger partial charge in [0.25, 0.3) is 0 Å². The molecule has 1 nitrogen and oxygen atoms in total. The maximum Gasteiger partial charge on any atom is 0.0689 e. The number of hydrogen-bond donors (Lipinski definition) is 0. The molecule has 0 radical (unpaired) electrons. The summed E-state index contributed by atoms with van der Waals surface area (Å²) < 4.78 is 0. The van der Waals surface area contributed by atoms with E-state index in [1.165, 1.54) is 135 Å². The molecule has 0 aromatic heterocycles. The van der Waals surface area contributed by atoms with Crippen molar-refractivity contribution in [1.29, 1.82) is 5.26 Å². The predicted molar refractivity (Wildman–Crippen MR) is 134 cm³/mol. The maximum atomic E-state index is 10.0. The zero-order valence-corrected chi connectivity index (χ0v) is 21.2. The van der Waals surface area contributed by atoms with Crippen LogP contribution in [0.1, 0.15) is 149 Å². The third-order valence-corrected chi connectivity index (χ3v) is 9.89. The Balaban J connectivity index is 1.38. The van der Waals surface area contributed by atoms with E-state index in [0.717, 1.165) is 29.6 Å². The minimum absolute atomic E-state index is 0.0322. The van der Waals surface area contributed by atoms with Crippen LogP contribution in [0.3, 0.4) is 0 Å². The predicted octanol–water partition coefficient (Wildman–Crippen LogP) is 9.85. The van der Waals surface area contributed by atoms with Crippen LogP contribution >= 0.6 is 0 Å². The first-order valence-electron chi connectivity index (χ1n) is 14.6. The second kappa shape index (κ2) is 13.3. The second-order valence-corrected chi connectivity index (χ2v) is 12.0. The summed E-state index contributed by atoms with van der Waals surface area (Å²) in [5.74, 6) is 4.93. The molecule has 0 aliphatic heterocycles. The van der Waals surface area contributed by atoms with Gasteiger partial charge in [-0.15, -0.1) is 0 Å². The van der Waals surface area contributed by atoms with Gasteiger partial charge in [-0.3, -0.25) is 0 Å². The van der Waals surface area contributed by atoms with Crippen LogP contribution in [0.5, 0.6) is 0 Å². The summed E-state index contributed by atoms with van der Waals surface area (Å²) in [6.45, 7) is 4.60. The molecule has 3 aliphatic carbocycles. The van der Waals surface area contributed by atoms with Crippen molar-refractivity contribution in [3.05, 3.63) is 0 Å². The van der Waals surface area contributed by atoms with Gasteiger partial charge in [0.2, 0.25) is 0 Å². The molecule has 0 N–H and O–H groups in total. The molecule has 0 amide bonds. The zero-order valence-electron chi connectivity index (χ0n) is 21.2. The molecule has 0 aromatic rings. The van der Waals surface area contributed by atoms with Crippen LogP contribution in [0.25, 0.3) is 0 Å². The summed E-state index contributed by atoms with van der Waals surface area (Å²) >= 11 is 0. The van der Waals surface area contributed by atoms with E-state index < -0.39 is 0 Å². The summed E-state index contributed by atoms with van der Waals surface area (Å²) in [7, 11) is 0. The molecule has 0 saturated heterocycles. The van der Waals surface area contributed by atoms with Crippen molar-refractivity contribution in [2.24, 2.45) is 35.0 Å². The van der Waals surface area contributed by atoms with Crippen LogP contribution in [-0.4, -0.2) is 0 Å². The smallest absolute Gasteiger partial charge is 0.0689 e. The Hall–Kier alpha value is -0.510. The number of unbranched alkanes of at least 4 members (excludes halogenated alkanes) is 5. The summed E-state index contributed by atoms with van der Waals surface area (Å²) in [6.07, 6.45) is 29.5. The van der Waals surface area contributed by atoms with Crippen LogP contribution in [0.15, 0.2) is 0 Å². The highest BCUT2D eigenvalue weighted by Gasteiger charge is 2.40. The molecule has 31 heavy (non-hydrogen) atoms. The average Bonchev–Trinajstić information content (AvgIpc) is 2.83. The van der Waals surface area contributed by atoms with Crippen LogP contribution < -0.4 is 0 Å². The van der Waals surface area contributed by atoms with Crippen molar-refractivity contribution < 1.29 is 0 Å². The van der Waals surface area contributed by atoms with Gasteiger partial charge in [0, 0.05) is 0 Å². The fourth-order valence-corrected chi connectivity index (χ4v) is 7.80. The second-order valence-electron chi connectivity index (χ2n) is 12.0. The van der Waals surface area contributed by atoms with E-state index in [9.17, 15) is 5.26 Å². The van der Waals surface area contributed by atoms with Gasteiger partial charge in [0.15, 0.2) is 0 Å². The highest BCUT2D eigenvalue weighted by Crippen LogP contribution is 2.50. The Kier molecular flexibility index (Phi) is 10.7. The lowest BCUT2D eigenvalue weighted by Gasteiger charge is -2.43.